The van der Waals surface area contributed by atoms with E-state index in [0.29, 0.717) is 0 Å². The maximum absolute atomic E-state index is 12.7. The molecule has 2 atom stereocenters. The lowest BCUT2D eigenvalue weighted by Gasteiger charge is -2.58. The third kappa shape index (κ3) is 1.67. The van der Waals surface area contributed by atoms with Crippen LogP contribution >= 0.6 is 0 Å². The third-order valence-corrected chi connectivity index (χ3v) is 5.03. The molecule has 9 heteroatoms. The molecule has 132 valence electrons. The van der Waals surface area contributed by atoms with Gasteiger partial charge in [0.25, 0.3) is 11.4 Å². The van der Waals surface area contributed by atoms with Crippen molar-refractivity contribution in [3.05, 3.63) is 0 Å². The fraction of sp³-hybridized carbons (Fsp3) is 0.857. The molecular formula is C14H22O9. The van der Waals surface area contributed by atoms with Crippen molar-refractivity contribution in [1.82, 2.24) is 0 Å². The van der Waals surface area contributed by atoms with E-state index in [-0.39, 0.29) is 12.8 Å². The van der Waals surface area contributed by atoms with E-state index < -0.39 is 34.7 Å². The Kier molecular flexibility index (Phi) is 4.57. The standard InChI is InChI=1S/C14H22O9/c1-17-11-7-8-12(18-2,19-3)14(21-5,22-6)13(11,20-4)10(16)23-9(11)15/h7-8H2,1-6H3. The number of hydrogen-bond acceptors (Lipinski definition) is 9. The Hall–Kier alpha value is -1.10. The van der Waals surface area contributed by atoms with E-state index in [1.807, 2.05) is 0 Å². The lowest BCUT2D eigenvalue weighted by atomic mass is 9.65. The topological polar surface area (TPSA) is 98.8 Å². The van der Waals surface area contributed by atoms with Gasteiger partial charge < -0.3 is 33.2 Å². The van der Waals surface area contributed by atoms with Crippen LogP contribution in [0.2, 0.25) is 0 Å². The molecule has 0 amide bonds. The number of carbonyl (C=O) groups is 2. The first-order valence-electron chi connectivity index (χ1n) is 6.95. The molecule has 1 aliphatic heterocycles. The van der Waals surface area contributed by atoms with Crippen molar-refractivity contribution in [2.75, 3.05) is 42.7 Å². The molecule has 0 N–H and O–H groups in total. The summed E-state index contributed by atoms with van der Waals surface area (Å²) in [6.07, 6.45) is 0.168. The van der Waals surface area contributed by atoms with Gasteiger partial charge in [-0.15, -0.1) is 0 Å². The number of methoxy groups -OCH3 is 6. The summed E-state index contributed by atoms with van der Waals surface area (Å²) in [5, 5.41) is 0. The number of cyclic esters (lactones) is 2. The minimum atomic E-state index is -2.07. The second-order valence-corrected chi connectivity index (χ2v) is 5.28. The van der Waals surface area contributed by atoms with Crippen molar-refractivity contribution in [1.29, 1.82) is 0 Å². The Bertz CT molecular complexity index is 496. The molecule has 23 heavy (non-hydrogen) atoms. The zero-order valence-corrected chi connectivity index (χ0v) is 14.1. The highest BCUT2D eigenvalue weighted by Crippen LogP contribution is 2.59. The van der Waals surface area contributed by atoms with Crippen LogP contribution in [0.3, 0.4) is 0 Å². The first kappa shape index (κ1) is 18.2. The van der Waals surface area contributed by atoms with Gasteiger partial charge in [-0.2, -0.15) is 0 Å². The van der Waals surface area contributed by atoms with Crippen LogP contribution in [0, 0.1) is 0 Å². The van der Waals surface area contributed by atoms with Crippen molar-refractivity contribution in [2.45, 2.75) is 35.6 Å². The van der Waals surface area contributed by atoms with Crippen LogP contribution in [0.5, 0.6) is 0 Å². The van der Waals surface area contributed by atoms with E-state index in [9.17, 15) is 9.59 Å². The molecule has 1 aliphatic carbocycles. The van der Waals surface area contributed by atoms with Crippen LogP contribution in [0.15, 0.2) is 0 Å². The van der Waals surface area contributed by atoms with Crippen molar-refractivity contribution in [3.8, 4) is 0 Å². The number of rotatable bonds is 6. The normalized spacial score (nSPS) is 35.0. The molecule has 1 saturated heterocycles. The van der Waals surface area contributed by atoms with Gasteiger partial charge in [0.1, 0.15) is 0 Å². The molecule has 1 saturated carbocycles. The van der Waals surface area contributed by atoms with Crippen molar-refractivity contribution in [2.24, 2.45) is 0 Å². The summed E-state index contributed by atoms with van der Waals surface area (Å²) in [6, 6.07) is 0. The Morgan fingerprint density at radius 1 is 0.739 bits per heavy atom. The average molecular weight is 334 g/mol. The minimum absolute atomic E-state index is 0.0397. The molecule has 0 aromatic rings. The van der Waals surface area contributed by atoms with Crippen LogP contribution in [-0.4, -0.2) is 77.4 Å². The summed E-state index contributed by atoms with van der Waals surface area (Å²) >= 11 is 0. The summed E-state index contributed by atoms with van der Waals surface area (Å²) in [4.78, 5) is 25.1. The SMILES string of the molecule is COC1(OC)CCC2(OC)C(=O)OC(=O)C2(OC)C1(OC)OC. The Morgan fingerprint density at radius 2 is 1.30 bits per heavy atom. The fourth-order valence-electron chi connectivity index (χ4n) is 3.95. The molecule has 0 spiro atoms. The lowest BCUT2D eigenvalue weighted by Crippen LogP contribution is -2.83. The quantitative estimate of drug-likeness (QED) is 0.365. The molecule has 0 radical (unpaired) electrons. The number of esters is 2. The van der Waals surface area contributed by atoms with Gasteiger partial charge in [0, 0.05) is 49.1 Å². The molecule has 0 aromatic carbocycles. The smallest absolute Gasteiger partial charge is 0.355 e. The van der Waals surface area contributed by atoms with Gasteiger partial charge >= 0.3 is 11.9 Å². The van der Waals surface area contributed by atoms with Crippen LogP contribution < -0.4 is 0 Å². The van der Waals surface area contributed by atoms with E-state index in [0.717, 1.165) is 0 Å². The molecule has 0 aromatic heterocycles. The molecular weight excluding hydrogens is 312 g/mol. The maximum Gasteiger partial charge on any atom is 0.355 e. The Balaban J connectivity index is 2.85. The maximum atomic E-state index is 12.7. The van der Waals surface area contributed by atoms with E-state index in [2.05, 4.69) is 0 Å². The highest BCUT2D eigenvalue weighted by Gasteiger charge is 2.88. The van der Waals surface area contributed by atoms with Crippen molar-refractivity contribution >= 4 is 11.9 Å². The molecule has 0 bridgehead atoms. The summed E-state index contributed by atoms with van der Waals surface area (Å²) in [7, 11) is 7.86. The third-order valence-electron chi connectivity index (χ3n) is 5.03. The lowest BCUT2D eigenvalue weighted by molar-refractivity contribution is -0.457. The van der Waals surface area contributed by atoms with Gasteiger partial charge in [0.05, 0.1) is 0 Å². The zero-order valence-electron chi connectivity index (χ0n) is 14.1. The average Bonchev–Trinajstić information content (AvgIpc) is 2.81. The number of fused-ring (bicyclic) bond motifs is 1. The summed E-state index contributed by atoms with van der Waals surface area (Å²) in [5.74, 6) is -5.34. The van der Waals surface area contributed by atoms with E-state index in [4.69, 9.17) is 33.2 Å². The van der Waals surface area contributed by atoms with Crippen LogP contribution in [-0.2, 0) is 42.7 Å². The van der Waals surface area contributed by atoms with Crippen LogP contribution in [0.4, 0.5) is 0 Å². The summed E-state index contributed by atoms with van der Waals surface area (Å²) in [6.45, 7) is 0. The predicted octanol–water partition coefficient (Wildman–Crippen LogP) is -0.388. The Morgan fingerprint density at radius 3 is 1.70 bits per heavy atom. The number of hydrogen-bond donors (Lipinski definition) is 0. The number of carbonyl (C=O) groups excluding carboxylic acids is 2. The van der Waals surface area contributed by atoms with Gasteiger partial charge in [-0.05, 0) is 6.42 Å². The zero-order chi connectivity index (χ0) is 17.5. The monoisotopic (exact) mass is 334 g/mol. The number of ether oxygens (including phenoxy) is 7. The summed E-state index contributed by atoms with van der Waals surface area (Å²) < 4.78 is 37.9. The highest BCUT2D eigenvalue weighted by atomic mass is 16.8. The largest absolute Gasteiger partial charge is 0.388 e. The van der Waals surface area contributed by atoms with Crippen molar-refractivity contribution < 1.29 is 42.7 Å². The van der Waals surface area contributed by atoms with E-state index in [1.165, 1.54) is 42.7 Å². The van der Waals surface area contributed by atoms with E-state index >= 15 is 0 Å². The van der Waals surface area contributed by atoms with Gasteiger partial charge in [-0.1, -0.05) is 0 Å². The fourth-order valence-corrected chi connectivity index (χ4v) is 3.95. The second kappa shape index (κ2) is 5.76. The predicted molar refractivity (Wildman–Crippen MR) is 73.3 cm³/mol. The first-order chi connectivity index (χ1) is 10.9. The van der Waals surface area contributed by atoms with Gasteiger partial charge in [0.2, 0.25) is 11.4 Å². The Labute approximate surface area is 134 Å². The molecule has 1 heterocycles. The molecule has 2 aliphatic rings. The molecule has 2 fully saturated rings. The molecule has 2 unspecified atom stereocenters. The summed E-state index contributed by atoms with van der Waals surface area (Å²) in [5.41, 5.74) is -3.81. The van der Waals surface area contributed by atoms with Gasteiger partial charge in [-0.25, -0.2) is 9.59 Å². The van der Waals surface area contributed by atoms with Crippen molar-refractivity contribution in [3.63, 3.8) is 0 Å². The van der Waals surface area contributed by atoms with E-state index in [1.54, 1.807) is 0 Å². The van der Waals surface area contributed by atoms with Crippen LogP contribution in [0.1, 0.15) is 12.8 Å². The second-order valence-electron chi connectivity index (χ2n) is 5.28. The van der Waals surface area contributed by atoms with Gasteiger partial charge in [-0.3, -0.25) is 0 Å². The molecule has 2 rings (SSSR count). The van der Waals surface area contributed by atoms with Crippen LogP contribution in [0.25, 0.3) is 0 Å². The van der Waals surface area contributed by atoms with Gasteiger partial charge in [0.15, 0.2) is 0 Å². The minimum Gasteiger partial charge on any atom is -0.388 e. The first-order valence-corrected chi connectivity index (χ1v) is 6.95. The molecule has 9 nitrogen and oxygen atoms in total. The highest BCUT2D eigenvalue weighted by molar-refractivity contribution is 6.07.